The van der Waals surface area contributed by atoms with Crippen molar-refractivity contribution >= 4 is 17.4 Å². The number of benzene rings is 2. The van der Waals surface area contributed by atoms with E-state index in [4.69, 9.17) is 11.6 Å². The van der Waals surface area contributed by atoms with Crippen LogP contribution in [0.2, 0.25) is 5.02 Å². The van der Waals surface area contributed by atoms with Gasteiger partial charge in [0.2, 0.25) is 0 Å². The fraction of sp³-hybridized carbons (Fsp3) is 0.0714. The fourth-order valence-corrected chi connectivity index (χ4v) is 1.78. The summed E-state index contributed by atoms with van der Waals surface area (Å²) in [5, 5.41) is 10.4. The molecule has 17 heavy (non-hydrogen) atoms. The Morgan fingerprint density at radius 2 is 1.76 bits per heavy atom. The minimum atomic E-state index is -1.14. The van der Waals surface area contributed by atoms with Crippen molar-refractivity contribution in [1.82, 2.24) is 0 Å². The number of Topliss-reactive ketones (excluding diaryl/α,β-unsaturated/α-hetero) is 1. The summed E-state index contributed by atoms with van der Waals surface area (Å²) >= 11 is 5.81. The highest BCUT2D eigenvalue weighted by Crippen LogP contribution is 2.20. The number of hydrogen-bond donors (Lipinski definition) is 1. The average molecular weight is 247 g/mol. The molecule has 0 aliphatic rings. The highest BCUT2D eigenvalue weighted by Gasteiger charge is 2.18. The molecule has 0 saturated carbocycles. The van der Waals surface area contributed by atoms with Crippen molar-refractivity contribution in [3.05, 3.63) is 70.7 Å². The van der Waals surface area contributed by atoms with E-state index in [1.54, 1.807) is 48.5 Å². The van der Waals surface area contributed by atoms with E-state index in [1.807, 2.05) is 6.07 Å². The van der Waals surface area contributed by atoms with Crippen molar-refractivity contribution in [2.45, 2.75) is 6.10 Å². The van der Waals surface area contributed by atoms with Gasteiger partial charge in [0.25, 0.3) is 0 Å². The monoisotopic (exact) mass is 246 g/mol. The number of rotatable bonds is 3. The Balaban J connectivity index is 2.27. The van der Waals surface area contributed by atoms with Crippen molar-refractivity contribution < 1.29 is 9.90 Å². The molecule has 0 heterocycles. The first-order valence-electron chi connectivity index (χ1n) is 5.21. The Kier molecular flexibility index (Phi) is 3.57. The largest absolute Gasteiger partial charge is 0.380 e. The van der Waals surface area contributed by atoms with Gasteiger partial charge in [0, 0.05) is 10.6 Å². The van der Waals surface area contributed by atoms with Gasteiger partial charge in [0.15, 0.2) is 5.78 Å². The van der Waals surface area contributed by atoms with Crippen molar-refractivity contribution in [2.24, 2.45) is 0 Å². The molecule has 86 valence electrons. The van der Waals surface area contributed by atoms with Crippen LogP contribution < -0.4 is 0 Å². The zero-order valence-corrected chi connectivity index (χ0v) is 9.76. The van der Waals surface area contributed by atoms with Crippen LogP contribution in [0.5, 0.6) is 0 Å². The Hall–Kier alpha value is -1.64. The molecular weight excluding hydrogens is 236 g/mol. The molecule has 1 unspecified atom stereocenters. The maximum Gasteiger partial charge on any atom is 0.195 e. The van der Waals surface area contributed by atoms with E-state index in [-0.39, 0.29) is 5.78 Å². The normalized spacial score (nSPS) is 12.1. The molecule has 2 nitrogen and oxygen atoms in total. The second-order valence-corrected chi connectivity index (χ2v) is 4.12. The Morgan fingerprint density at radius 3 is 2.41 bits per heavy atom. The highest BCUT2D eigenvalue weighted by molar-refractivity contribution is 6.31. The van der Waals surface area contributed by atoms with Crippen LogP contribution in [0.1, 0.15) is 22.0 Å². The summed E-state index contributed by atoms with van der Waals surface area (Å²) in [7, 11) is 0. The molecule has 0 spiro atoms. The molecule has 0 amide bonds. The van der Waals surface area contributed by atoms with Crippen molar-refractivity contribution in [2.75, 3.05) is 0 Å². The predicted octanol–water partition coefficient (Wildman–Crippen LogP) is 3.26. The average Bonchev–Trinajstić information content (AvgIpc) is 2.38. The van der Waals surface area contributed by atoms with Crippen LogP contribution in [0.4, 0.5) is 0 Å². The van der Waals surface area contributed by atoms with Crippen LogP contribution >= 0.6 is 11.6 Å². The van der Waals surface area contributed by atoms with Crippen molar-refractivity contribution in [1.29, 1.82) is 0 Å². The van der Waals surface area contributed by atoms with Crippen molar-refractivity contribution in [3.8, 4) is 0 Å². The lowest BCUT2D eigenvalue weighted by atomic mass is 10.0. The molecular formula is C14H11ClO2. The predicted molar refractivity (Wildman–Crippen MR) is 67.2 cm³/mol. The van der Waals surface area contributed by atoms with E-state index in [0.29, 0.717) is 16.1 Å². The molecule has 2 aromatic rings. The van der Waals surface area contributed by atoms with Crippen LogP contribution in [-0.4, -0.2) is 10.9 Å². The zero-order chi connectivity index (χ0) is 12.3. The molecule has 3 heteroatoms. The second-order valence-electron chi connectivity index (χ2n) is 3.69. The molecule has 0 fully saturated rings. The standard InChI is InChI=1S/C14H11ClO2/c15-12-8-4-7-11(9-12)14(17)13(16)10-5-2-1-3-6-10/h1-9,13,16H. The van der Waals surface area contributed by atoms with Crippen molar-refractivity contribution in [3.63, 3.8) is 0 Å². The van der Waals surface area contributed by atoms with Gasteiger partial charge in [0.05, 0.1) is 0 Å². The third kappa shape index (κ3) is 2.73. The van der Waals surface area contributed by atoms with Gasteiger partial charge in [0.1, 0.15) is 6.10 Å². The summed E-state index contributed by atoms with van der Waals surface area (Å²) in [4.78, 5) is 12.0. The molecule has 0 aliphatic heterocycles. The summed E-state index contributed by atoms with van der Waals surface area (Å²) in [6.45, 7) is 0. The van der Waals surface area contributed by atoms with Crippen LogP contribution in [-0.2, 0) is 0 Å². The minimum Gasteiger partial charge on any atom is -0.380 e. The Labute approximate surface area is 104 Å². The van der Waals surface area contributed by atoms with E-state index in [0.717, 1.165) is 0 Å². The van der Waals surface area contributed by atoms with Gasteiger partial charge < -0.3 is 5.11 Å². The summed E-state index contributed by atoms with van der Waals surface area (Å²) < 4.78 is 0. The SMILES string of the molecule is O=C(c1cccc(Cl)c1)C(O)c1ccccc1. The number of aliphatic hydroxyl groups is 1. The number of halogens is 1. The molecule has 0 radical (unpaired) electrons. The number of hydrogen-bond acceptors (Lipinski definition) is 2. The first-order chi connectivity index (χ1) is 8.18. The van der Waals surface area contributed by atoms with Crippen LogP contribution in [0.15, 0.2) is 54.6 Å². The number of carbonyl (C=O) groups excluding carboxylic acids is 1. The molecule has 1 N–H and O–H groups in total. The van der Waals surface area contributed by atoms with Gasteiger partial charge in [-0.05, 0) is 17.7 Å². The molecule has 0 aromatic heterocycles. The Bertz CT molecular complexity index is 523. The smallest absolute Gasteiger partial charge is 0.195 e. The van der Waals surface area contributed by atoms with Crippen LogP contribution in [0, 0.1) is 0 Å². The molecule has 0 aliphatic carbocycles. The van der Waals surface area contributed by atoms with Gasteiger partial charge in [-0.25, -0.2) is 0 Å². The third-order valence-corrected chi connectivity index (χ3v) is 2.71. The number of ketones is 1. The molecule has 0 saturated heterocycles. The maximum atomic E-state index is 12.0. The van der Waals surface area contributed by atoms with E-state index in [1.165, 1.54) is 0 Å². The molecule has 0 bridgehead atoms. The van der Waals surface area contributed by atoms with E-state index in [2.05, 4.69) is 0 Å². The topological polar surface area (TPSA) is 37.3 Å². The summed E-state index contributed by atoms with van der Waals surface area (Å²) in [5.74, 6) is -0.348. The molecule has 2 rings (SSSR count). The third-order valence-electron chi connectivity index (χ3n) is 2.47. The van der Waals surface area contributed by atoms with Gasteiger partial charge in [-0.2, -0.15) is 0 Å². The minimum absolute atomic E-state index is 0.348. The van der Waals surface area contributed by atoms with E-state index < -0.39 is 6.10 Å². The molecule has 2 aromatic carbocycles. The van der Waals surface area contributed by atoms with E-state index >= 15 is 0 Å². The first-order valence-corrected chi connectivity index (χ1v) is 5.59. The summed E-state index contributed by atoms with van der Waals surface area (Å²) in [6.07, 6.45) is -1.14. The summed E-state index contributed by atoms with van der Waals surface area (Å²) in [6, 6.07) is 15.4. The van der Waals surface area contributed by atoms with Gasteiger partial charge in [-0.3, -0.25) is 4.79 Å². The lowest BCUT2D eigenvalue weighted by Gasteiger charge is -2.09. The lowest BCUT2D eigenvalue weighted by Crippen LogP contribution is -2.12. The number of aliphatic hydroxyl groups excluding tert-OH is 1. The van der Waals surface area contributed by atoms with Gasteiger partial charge in [-0.1, -0.05) is 54.1 Å². The second kappa shape index (κ2) is 5.13. The maximum absolute atomic E-state index is 12.0. The molecule has 1 atom stereocenters. The van der Waals surface area contributed by atoms with E-state index in [9.17, 15) is 9.90 Å². The fourth-order valence-electron chi connectivity index (χ4n) is 1.59. The highest BCUT2D eigenvalue weighted by atomic mass is 35.5. The zero-order valence-electron chi connectivity index (χ0n) is 9.01. The first kappa shape index (κ1) is 11.8. The summed E-state index contributed by atoms with van der Waals surface area (Å²) in [5.41, 5.74) is 0.992. The van der Waals surface area contributed by atoms with Crippen LogP contribution in [0.25, 0.3) is 0 Å². The Morgan fingerprint density at radius 1 is 1.06 bits per heavy atom. The quantitative estimate of drug-likeness (QED) is 0.844. The van der Waals surface area contributed by atoms with Gasteiger partial charge in [-0.15, -0.1) is 0 Å². The van der Waals surface area contributed by atoms with Crippen LogP contribution in [0.3, 0.4) is 0 Å². The van der Waals surface area contributed by atoms with Gasteiger partial charge >= 0.3 is 0 Å². The lowest BCUT2D eigenvalue weighted by molar-refractivity contribution is 0.0747. The number of carbonyl (C=O) groups is 1.